The Morgan fingerprint density at radius 1 is 1.13 bits per heavy atom. The number of piperazine rings is 1. The number of anilines is 1. The minimum Gasteiger partial charge on any atom is -0.367 e. The first-order valence-corrected chi connectivity index (χ1v) is 10.7. The molecule has 31 heavy (non-hydrogen) atoms. The molecule has 0 atom stereocenters. The van der Waals surface area contributed by atoms with E-state index in [9.17, 15) is 9.65 Å². The van der Waals surface area contributed by atoms with Gasteiger partial charge in [-0.1, -0.05) is 26.8 Å². The van der Waals surface area contributed by atoms with Crippen LogP contribution < -0.4 is 4.90 Å². The van der Waals surface area contributed by atoms with Gasteiger partial charge in [-0.3, -0.25) is 4.90 Å². The van der Waals surface area contributed by atoms with E-state index in [1.165, 1.54) is 0 Å². The third-order valence-corrected chi connectivity index (χ3v) is 5.63. The average Bonchev–Trinajstić information content (AvgIpc) is 3.10. The van der Waals surface area contributed by atoms with Crippen LogP contribution in [0, 0.1) is 29.5 Å². The number of aromatic nitrogens is 3. The minimum atomic E-state index is -0.151. The molecule has 7 heteroatoms. The van der Waals surface area contributed by atoms with Crippen LogP contribution in [0.2, 0.25) is 0 Å². The number of nitriles is 1. The molecule has 3 heterocycles. The number of nitrogens with one attached hydrogen (secondary N) is 1. The van der Waals surface area contributed by atoms with Gasteiger partial charge in [-0.15, -0.1) is 0 Å². The van der Waals surface area contributed by atoms with Gasteiger partial charge in [0.1, 0.15) is 17.5 Å². The van der Waals surface area contributed by atoms with Gasteiger partial charge in [-0.05, 0) is 42.5 Å². The van der Waals surface area contributed by atoms with Crippen molar-refractivity contribution in [2.45, 2.75) is 40.7 Å². The van der Waals surface area contributed by atoms with Gasteiger partial charge in [0, 0.05) is 43.8 Å². The van der Waals surface area contributed by atoms with Crippen molar-refractivity contribution in [2.24, 2.45) is 5.41 Å². The molecule has 3 aromatic rings. The molecule has 162 valence electrons. The highest BCUT2D eigenvalue weighted by molar-refractivity contribution is 5.79. The Morgan fingerprint density at radius 3 is 2.52 bits per heavy atom. The molecule has 1 N–H and O–H groups in total. The molecular weight excluding hydrogens is 391 g/mol. The third-order valence-electron chi connectivity index (χ3n) is 5.63. The van der Waals surface area contributed by atoms with E-state index in [1.807, 2.05) is 19.1 Å². The molecule has 2 aromatic heterocycles. The Kier molecular flexibility index (Phi) is 5.67. The maximum Gasteiger partial charge on any atom is 0.234 e. The largest absolute Gasteiger partial charge is 0.367 e. The number of H-pyrrole nitrogens is 1. The van der Waals surface area contributed by atoms with Crippen LogP contribution in [-0.4, -0.2) is 46.0 Å². The van der Waals surface area contributed by atoms with Crippen LogP contribution in [0.15, 0.2) is 24.3 Å². The van der Waals surface area contributed by atoms with Gasteiger partial charge in [-0.25, -0.2) is 14.4 Å². The van der Waals surface area contributed by atoms with Crippen LogP contribution in [0.1, 0.15) is 43.5 Å². The lowest BCUT2D eigenvalue weighted by Crippen LogP contribution is -2.46. The van der Waals surface area contributed by atoms with Gasteiger partial charge < -0.3 is 9.88 Å². The number of rotatable bonds is 4. The van der Waals surface area contributed by atoms with Gasteiger partial charge in [-0.2, -0.15) is 5.26 Å². The first-order chi connectivity index (χ1) is 14.7. The van der Waals surface area contributed by atoms with Gasteiger partial charge >= 0.3 is 0 Å². The van der Waals surface area contributed by atoms with Crippen molar-refractivity contribution in [3.05, 3.63) is 52.9 Å². The molecule has 4 rings (SSSR count). The van der Waals surface area contributed by atoms with E-state index >= 15 is 0 Å². The third kappa shape index (κ3) is 4.86. The zero-order chi connectivity index (χ0) is 22.2. The molecule has 0 amide bonds. The summed E-state index contributed by atoms with van der Waals surface area (Å²) < 4.78 is 14.3. The standard InChI is InChI=1S/C24H29FN6/c1-16-5-6-21(19(25)11-16)31-9-7-30(8-10-31)15-17-12-18-20(13-24(2,3)4)28-22(14-26)29-23(18)27-17/h5-6,11-12H,7-10,13,15H2,1-4H3,(H,27,28,29). The number of halogens is 1. The summed E-state index contributed by atoms with van der Waals surface area (Å²) in [6.07, 6.45) is 0.777. The summed E-state index contributed by atoms with van der Waals surface area (Å²) in [7, 11) is 0. The Morgan fingerprint density at radius 2 is 1.87 bits per heavy atom. The van der Waals surface area contributed by atoms with E-state index in [2.05, 4.69) is 57.7 Å². The number of benzene rings is 1. The van der Waals surface area contributed by atoms with Crippen LogP contribution in [0.4, 0.5) is 10.1 Å². The van der Waals surface area contributed by atoms with Crippen LogP contribution in [-0.2, 0) is 13.0 Å². The second-order valence-electron chi connectivity index (χ2n) is 9.62. The highest BCUT2D eigenvalue weighted by atomic mass is 19.1. The fourth-order valence-corrected chi connectivity index (χ4v) is 4.15. The van der Waals surface area contributed by atoms with Gasteiger partial charge in [0.05, 0.1) is 11.4 Å². The van der Waals surface area contributed by atoms with Crippen molar-refractivity contribution < 1.29 is 4.39 Å². The minimum absolute atomic E-state index is 0.0625. The Balaban J connectivity index is 1.48. The maximum absolute atomic E-state index is 14.3. The fraction of sp³-hybridized carbons (Fsp3) is 0.458. The highest BCUT2D eigenvalue weighted by Crippen LogP contribution is 2.26. The molecule has 0 aliphatic carbocycles. The van der Waals surface area contributed by atoms with Crippen LogP contribution in [0.25, 0.3) is 11.0 Å². The van der Waals surface area contributed by atoms with E-state index in [4.69, 9.17) is 0 Å². The number of hydrogen-bond acceptors (Lipinski definition) is 5. The number of aromatic amines is 1. The summed E-state index contributed by atoms with van der Waals surface area (Å²) >= 11 is 0. The number of hydrogen-bond donors (Lipinski definition) is 1. The summed E-state index contributed by atoms with van der Waals surface area (Å²) in [5.74, 6) is 0.0520. The molecule has 1 aliphatic heterocycles. The predicted molar refractivity (Wildman–Crippen MR) is 120 cm³/mol. The van der Waals surface area contributed by atoms with Crippen molar-refractivity contribution in [1.29, 1.82) is 5.26 Å². The van der Waals surface area contributed by atoms with Crippen molar-refractivity contribution in [2.75, 3.05) is 31.1 Å². The lowest BCUT2D eigenvalue weighted by molar-refractivity contribution is 0.247. The van der Waals surface area contributed by atoms with E-state index in [0.29, 0.717) is 5.69 Å². The number of fused-ring (bicyclic) bond motifs is 1. The molecule has 0 saturated carbocycles. The van der Waals surface area contributed by atoms with Crippen LogP contribution >= 0.6 is 0 Å². The molecule has 0 spiro atoms. The zero-order valence-corrected chi connectivity index (χ0v) is 18.7. The number of aryl methyl sites for hydroxylation is 1. The highest BCUT2D eigenvalue weighted by Gasteiger charge is 2.22. The van der Waals surface area contributed by atoms with E-state index in [-0.39, 0.29) is 17.1 Å². The van der Waals surface area contributed by atoms with Crippen molar-refractivity contribution in [1.82, 2.24) is 19.9 Å². The predicted octanol–water partition coefficient (Wildman–Crippen LogP) is 4.19. The van der Waals surface area contributed by atoms with Gasteiger partial charge in [0.15, 0.2) is 0 Å². The monoisotopic (exact) mass is 420 g/mol. The summed E-state index contributed by atoms with van der Waals surface area (Å²) in [5.41, 5.74) is 4.38. The molecular formula is C24H29FN6. The van der Waals surface area contributed by atoms with Gasteiger partial charge in [0.25, 0.3) is 0 Å². The van der Waals surface area contributed by atoms with Crippen LogP contribution in [0.5, 0.6) is 0 Å². The van der Waals surface area contributed by atoms with Gasteiger partial charge in [0.2, 0.25) is 5.82 Å². The molecule has 6 nitrogen and oxygen atoms in total. The fourth-order valence-electron chi connectivity index (χ4n) is 4.15. The van der Waals surface area contributed by atoms with E-state index in [0.717, 1.165) is 67.1 Å². The van der Waals surface area contributed by atoms with E-state index < -0.39 is 0 Å². The molecule has 0 bridgehead atoms. The number of nitrogens with zero attached hydrogens (tertiary/aromatic N) is 5. The summed E-state index contributed by atoms with van der Waals surface area (Å²) in [4.78, 5) is 16.7. The lowest BCUT2D eigenvalue weighted by Gasteiger charge is -2.36. The maximum atomic E-state index is 14.3. The Bertz CT molecular complexity index is 1130. The second kappa shape index (κ2) is 8.27. The molecule has 0 unspecified atom stereocenters. The normalized spacial score (nSPS) is 15.4. The SMILES string of the molecule is Cc1ccc(N2CCN(Cc3cc4c(CC(C)(C)C)nc(C#N)nc4[nH]3)CC2)c(F)c1. The first kappa shape index (κ1) is 21.3. The average molecular weight is 421 g/mol. The lowest BCUT2D eigenvalue weighted by atomic mass is 9.89. The smallest absolute Gasteiger partial charge is 0.234 e. The van der Waals surface area contributed by atoms with E-state index in [1.54, 1.807) is 6.07 Å². The summed E-state index contributed by atoms with van der Waals surface area (Å²) in [5, 5.41) is 10.3. The summed E-state index contributed by atoms with van der Waals surface area (Å²) in [6, 6.07) is 9.62. The topological polar surface area (TPSA) is 71.8 Å². The molecule has 1 saturated heterocycles. The van der Waals surface area contributed by atoms with Crippen molar-refractivity contribution in [3.63, 3.8) is 0 Å². The first-order valence-electron chi connectivity index (χ1n) is 10.7. The molecule has 0 radical (unpaired) electrons. The summed E-state index contributed by atoms with van der Waals surface area (Å²) in [6.45, 7) is 12.4. The van der Waals surface area contributed by atoms with Crippen LogP contribution in [0.3, 0.4) is 0 Å². The molecule has 1 aromatic carbocycles. The quantitative estimate of drug-likeness (QED) is 0.685. The van der Waals surface area contributed by atoms with Crippen molar-refractivity contribution >= 4 is 16.7 Å². The molecule has 1 aliphatic rings. The zero-order valence-electron chi connectivity index (χ0n) is 18.7. The molecule has 1 fully saturated rings. The second-order valence-corrected chi connectivity index (χ2v) is 9.62. The Labute approximate surface area is 182 Å². The Hall–Kier alpha value is -2.98. The van der Waals surface area contributed by atoms with Crippen molar-refractivity contribution in [3.8, 4) is 6.07 Å².